The fraction of sp³-hybridized carbons (Fsp3) is 0.0435. The van der Waals surface area contributed by atoms with Crippen molar-refractivity contribution in [3.05, 3.63) is 94.5 Å². The van der Waals surface area contributed by atoms with Gasteiger partial charge in [0.25, 0.3) is 11.6 Å². The highest BCUT2D eigenvalue weighted by Gasteiger charge is 2.20. The molecule has 0 spiro atoms. The molecule has 4 aromatic rings. The molecule has 0 saturated carbocycles. The number of nitro groups is 1. The Hall–Kier alpha value is -4.26. The number of anilines is 1. The van der Waals surface area contributed by atoms with Crippen LogP contribution in [0.25, 0.3) is 22.2 Å². The van der Waals surface area contributed by atoms with Gasteiger partial charge in [-0.1, -0.05) is 48.5 Å². The second kappa shape index (κ2) is 8.00. The minimum atomic E-state index is -0.557. The summed E-state index contributed by atoms with van der Waals surface area (Å²) in [5, 5.41) is 14.8. The highest BCUT2D eigenvalue weighted by Crippen LogP contribution is 2.31. The second-order valence-electron chi connectivity index (χ2n) is 6.53. The monoisotopic (exact) mass is 399 g/mol. The molecular formula is C23H17N3O4. The Kier molecular flexibility index (Phi) is 5.09. The van der Waals surface area contributed by atoms with Crippen LogP contribution in [0.2, 0.25) is 0 Å². The molecule has 1 heterocycles. The third-order valence-corrected chi connectivity index (χ3v) is 4.68. The number of fused-ring (bicyclic) bond motifs is 1. The molecule has 0 bridgehead atoms. The maximum Gasteiger partial charge on any atom is 0.296 e. The van der Waals surface area contributed by atoms with Gasteiger partial charge in [0.1, 0.15) is 11.4 Å². The number of carbonyl (C=O) groups is 1. The van der Waals surface area contributed by atoms with Gasteiger partial charge in [-0.2, -0.15) is 0 Å². The molecule has 0 aliphatic heterocycles. The first kappa shape index (κ1) is 19.1. The Morgan fingerprint density at radius 2 is 1.73 bits per heavy atom. The van der Waals surface area contributed by atoms with Crippen LogP contribution in [0.4, 0.5) is 11.4 Å². The number of hydrogen-bond donors (Lipinski definition) is 1. The van der Waals surface area contributed by atoms with Crippen molar-refractivity contribution < 1.29 is 14.5 Å². The van der Waals surface area contributed by atoms with Crippen LogP contribution < -0.4 is 10.1 Å². The number of pyridine rings is 1. The zero-order valence-corrected chi connectivity index (χ0v) is 16.0. The van der Waals surface area contributed by atoms with Crippen LogP contribution in [-0.4, -0.2) is 22.9 Å². The summed E-state index contributed by atoms with van der Waals surface area (Å²) in [4.78, 5) is 28.7. The maximum absolute atomic E-state index is 13.1. The van der Waals surface area contributed by atoms with E-state index in [1.807, 2.05) is 48.5 Å². The number of amides is 1. The number of hydrogen-bond acceptors (Lipinski definition) is 5. The topological polar surface area (TPSA) is 94.4 Å². The molecule has 0 radical (unpaired) electrons. The number of ether oxygens (including phenoxy) is 1. The van der Waals surface area contributed by atoms with Crippen LogP contribution in [0.1, 0.15) is 10.4 Å². The van der Waals surface area contributed by atoms with Crippen molar-refractivity contribution in [2.24, 2.45) is 0 Å². The Balaban J connectivity index is 1.80. The van der Waals surface area contributed by atoms with E-state index in [4.69, 9.17) is 4.74 Å². The molecule has 3 aromatic carbocycles. The van der Waals surface area contributed by atoms with E-state index >= 15 is 0 Å². The fourth-order valence-corrected chi connectivity index (χ4v) is 3.20. The zero-order chi connectivity index (χ0) is 21.1. The van der Waals surface area contributed by atoms with Gasteiger partial charge < -0.3 is 10.1 Å². The smallest absolute Gasteiger partial charge is 0.296 e. The molecule has 148 valence electrons. The molecule has 7 heteroatoms. The number of methoxy groups -OCH3 is 1. The number of benzene rings is 3. The Bertz CT molecular complexity index is 1260. The van der Waals surface area contributed by atoms with Crippen molar-refractivity contribution in [3.8, 4) is 17.0 Å². The Labute approximate surface area is 172 Å². The van der Waals surface area contributed by atoms with E-state index in [2.05, 4.69) is 10.3 Å². The zero-order valence-electron chi connectivity index (χ0n) is 16.0. The molecular weight excluding hydrogens is 382 g/mol. The summed E-state index contributed by atoms with van der Waals surface area (Å²) in [6.45, 7) is 0. The van der Waals surface area contributed by atoms with Crippen molar-refractivity contribution in [2.45, 2.75) is 0 Å². The number of rotatable bonds is 5. The normalized spacial score (nSPS) is 10.6. The summed E-state index contributed by atoms with van der Waals surface area (Å²) in [5.41, 5.74) is 2.39. The molecule has 0 unspecified atom stereocenters. The molecule has 1 N–H and O–H groups in total. The number of nitro benzene ring substituents is 1. The number of aromatic nitrogens is 1. The van der Waals surface area contributed by atoms with Crippen LogP contribution in [0.5, 0.6) is 5.75 Å². The summed E-state index contributed by atoms with van der Waals surface area (Å²) in [5.74, 6) is -0.125. The van der Waals surface area contributed by atoms with Gasteiger partial charge in [-0.25, -0.2) is 4.98 Å². The predicted octanol–water partition coefficient (Wildman–Crippen LogP) is 5.07. The van der Waals surface area contributed by atoms with Crippen molar-refractivity contribution >= 4 is 28.2 Å². The van der Waals surface area contributed by atoms with Crippen LogP contribution in [0, 0.1) is 10.1 Å². The number of nitrogens with zero attached hydrogens (tertiary/aromatic N) is 2. The summed E-state index contributed by atoms with van der Waals surface area (Å²) >= 11 is 0. The van der Waals surface area contributed by atoms with Gasteiger partial charge in [0.2, 0.25) is 0 Å². The van der Waals surface area contributed by atoms with Gasteiger partial charge in [-0.3, -0.25) is 14.9 Å². The SMILES string of the molecule is COc1ccc(NC(=O)c2cc(-c3ccccc3)nc3ccccc23)c([N+](=O)[O-])c1. The van der Waals surface area contributed by atoms with E-state index in [0.717, 1.165) is 5.56 Å². The minimum absolute atomic E-state index is 0.0907. The van der Waals surface area contributed by atoms with Gasteiger partial charge >= 0.3 is 0 Å². The lowest BCUT2D eigenvalue weighted by molar-refractivity contribution is -0.384. The van der Waals surface area contributed by atoms with Gasteiger partial charge in [0.05, 0.1) is 34.9 Å². The van der Waals surface area contributed by atoms with Crippen LogP contribution in [0.15, 0.2) is 78.9 Å². The van der Waals surface area contributed by atoms with Crippen LogP contribution >= 0.6 is 0 Å². The lowest BCUT2D eigenvalue weighted by atomic mass is 10.0. The van der Waals surface area contributed by atoms with Crippen molar-refractivity contribution in [2.75, 3.05) is 12.4 Å². The fourth-order valence-electron chi connectivity index (χ4n) is 3.20. The average Bonchev–Trinajstić information content (AvgIpc) is 2.79. The number of nitrogens with one attached hydrogen (secondary N) is 1. The lowest BCUT2D eigenvalue weighted by Crippen LogP contribution is -2.14. The van der Waals surface area contributed by atoms with Crippen LogP contribution in [0.3, 0.4) is 0 Å². The third kappa shape index (κ3) is 3.68. The highest BCUT2D eigenvalue weighted by atomic mass is 16.6. The number of para-hydroxylation sites is 1. The molecule has 30 heavy (non-hydrogen) atoms. The first-order chi connectivity index (χ1) is 14.6. The first-order valence-electron chi connectivity index (χ1n) is 9.16. The van der Waals surface area contributed by atoms with Crippen molar-refractivity contribution in [1.29, 1.82) is 0 Å². The van der Waals surface area contributed by atoms with E-state index in [1.54, 1.807) is 18.2 Å². The Morgan fingerprint density at radius 3 is 2.47 bits per heavy atom. The van der Waals surface area contributed by atoms with E-state index in [0.29, 0.717) is 27.9 Å². The molecule has 1 amide bonds. The van der Waals surface area contributed by atoms with Gasteiger partial charge in [0, 0.05) is 10.9 Å². The average molecular weight is 399 g/mol. The molecule has 0 aliphatic rings. The molecule has 7 nitrogen and oxygen atoms in total. The molecule has 4 rings (SSSR count). The molecule has 1 aromatic heterocycles. The highest BCUT2D eigenvalue weighted by molar-refractivity contribution is 6.13. The largest absolute Gasteiger partial charge is 0.496 e. The third-order valence-electron chi connectivity index (χ3n) is 4.68. The van der Waals surface area contributed by atoms with Gasteiger partial charge in [0.15, 0.2) is 0 Å². The van der Waals surface area contributed by atoms with E-state index in [9.17, 15) is 14.9 Å². The standard InChI is InChI=1S/C23H17N3O4/c1-30-16-11-12-20(22(13-16)26(28)29)25-23(27)18-14-21(15-7-3-2-4-8-15)24-19-10-6-5-9-17(18)19/h2-14H,1H3,(H,25,27). The molecule has 0 fully saturated rings. The van der Waals surface area contributed by atoms with Gasteiger partial charge in [-0.05, 0) is 24.3 Å². The minimum Gasteiger partial charge on any atom is -0.496 e. The maximum atomic E-state index is 13.1. The van der Waals surface area contributed by atoms with E-state index in [-0.39, 0.29) is 11.4 Å². The van der Waals surface area contributed by atoms with Crippen molar-refractivity contribution in [3.63, 3.8) is 0 Å². The van der Waals surface area contributed by atoms with E-state index < -0.39 is 10.8 Å². The Morgan fingerprint density at radius 1 is 1.00 bits per heavy atom. The summed E-state index contributed by atoms with van der Waals surface area (Å²) in [7, 11) is 1.42. The quantitative estimate of drug-likeness (QED) is 0.373. The van der Waals surface area contributed by atoms with Crippen molar-refractivity contribution in [1.82, 2.24) is 4.98 Å². The van der Waals surface area contributed by atoms with Crippen LogP contribution in [-0.2, 0) is 0 Å². The number of carbonyl (C=O) groups excluding carboxylic acids is 1. The first-order valence-corrected chi connectivity index (χ1v) is 9.16. The van der Waals surface area contributed by atoms with Gasteiger partial charge in [-0.15, -0.1) is 0 Å². The van der Waals surface area contributed by atoms with E-state index in [1.165, 1.54) is 19.2 Å². The lowest BCUT2D eigenvalue weighted by Gasteiger charge is -2.11. The molecule has 0 aliphatic carbocycles. The predicted molar refractivity (Wildman–Crippen MR) is 115 cm³/mol. The second-order valence-corrected chi connectivity index (χ2v) is 6.53. The summed E-state index contributed by atoms with van der Waals surface area (Å²) in [6, 6.07) is 22.8. The molecule has 0 atom stereocenters. The molecule has 0 saturated heterocycles. The summed E-state index contributed by atoms with van der Waals surface area (Å²) < 4.78 is 5.05. The summed E-state index contributed by atoms with van der Waals surface area (Å²) in [6.07, 6.45) is 0.